The average Bonchev–Trinajstić information content (AvgIpc) is 2.78. The van der Waals surface area contributed by atoms with Gasteiger partial charge < -0.3 is 5.32 Å². The second-order valence-electron chi connectivity index (χ2n) is 8.10. The molecule has 0 aromatic heterocycles. The molecule has 1 N–H and O–H groups in total. The lowest BCUT2D eigenvalue weighted by atomic mass is 10.1. The Morgan fingerprint density at radius 3 is 2.45 bits per heavy atom. The molecule has 1 saturated heterocycles. The molecule has 3 rings (SSSR count). The maximum atomic E-state index is 13.0. The summed E-state index contributed by atoms with van der Waals surface area (Å²) in [4.78, 5) is 15.2. The molecule has 7 heteroatoms. The monoisotopic (exact) mass is 443 g/mol. The van der Waals surface area contributed by atoms with E-state index in [-0.39, 0.29) is 16.8 Å². The van der Waals surface area contributed by atoms with Crippen molar-refractivity contribution in [2.45, 2.75) is 57.5 Å². The van der Waals surface area contributed by atoms with Crippen molar-refractivity contribution < 1.29 is 13.2 Å². The van der Waals surface area contributed by atoms with Gasteiger partial charge in [-0.05, 0) is 74.8 Å². The minimum Gasteiger partial charge on any atom is -0.322 e. The molecule has 6 nitrogen and oxygen atoms in total. The number of benzene rings is 2. The number of carbonyl (C=O) groups is 1. The topological polar surface area (TPSA) is 69.7 Å². The SMILES string of the molecule is CCN(CC)Cc1cccc(NC(=O)c2ccc(S(=O)(=O)N3CCCCC3C)cc2)c1. The van der Waals surface area contributed by atoms with E-state index in [4.69, 9.17) is 0 Å². The van der Waals surface area contributed by atoms with Crippen LogP contribution in [0.5, 0.6) is 0 Å². The molecule has 0 bridgehead atoms. The first kappa shape index (κ1) is 23.4. The van der Waals surface area contributed by atoms with E-state index in [9.17, 15) is 13.2 Å². The minimum absolute atomic E-state index is 0.00495. The van der Waals surface area contributed by atoms with Crippen molar-refractivity contribution in [2.75, 3.05) is 25.0 Å². The normalized spacial score (nSPS) is 17.6. The molecule has 2 aromatic carbocycles. The number of amides is 1. The molecule has 0 spiro atoms. The van der Waals surface area contributed by atoms with Crippen molar-refractivity contribution >= 4 is 21.6 Å². The van der Waals surface area contributed by atoms with Gasteiger partial charge in [0.05, 0.1) is 4.90 Å². The van der Waals surface area contributed by atoms with Gasteiger partial charge in [0, 0.05) is 30.4 Å². The maximum Gasteiger partial charge on any atom is 0.255 e. The highest BCUT2D eigenvalue weighted by molar-refractivity contribution is 7.89. The third kappa shape index (κ3) is 5.73. The predicted molar refractivity (Wildman–Crippen MR) is 125 cm³/mol. The van der Waals surface area contributed by atoms with E-state index in [1.54, 1.807) is 16.4 Å². The van der Waals surface area contributed by atoms with Crippen LogP contribution in [0.1, 0.15) is 56.0 Å². The lowest BCUT2D eigenvalue weighted by Gasteiger charge is -2.32. The smallest absolute Gasteiger partial charge is 0.255 e. The Morgan fingerprint density at radius 1 is 1.10 bits per heavy atom. The third-order valence-corrected chi connectivity index (χ3v) is 7.98. The average molecular weight is 444 g/mol. The van der Waals surface area contributed by atoms with Gasteiger partial charge in [0.15, 0.2) is 0 Å². The fourth-order valence-electron chi connectivity index (χ4n) is 4.00. The van der Waals surface area contributed by atoms with Gasteiger partial charge in [-0.25, -0.2) is 8.42 Å². The van der Waals surface area contributed by atoms with E-state index in [2.05, 4.69) is 30.1 Å². The molecule has 1 atom stereocenters. The van der Waals surface area contributed by atoms with Crippen LogP contribution in [0, 0.1) is 0 Å². The highest BCUT2D eigenvalue weighted by atomic mass is 32.2. The molecule has 1 aliphatic rings. The first-order valence-corrected chi connectivity index (χ1v) is 12.5. The number of nitrogens with one attached hydrogen (secondary N) is 1. The quantitative estimate of drug-likeness (QED) is 0.659. The summed E-state index contributed by atoms with van der Waals surface area (Å²) >= 11 is 0. The molecule has 1 amide bonds. The van der Waals surface area contributed by atoms with Crippen LogP contribution in [-0.2, 0) is 16.6 Å². The fourth-order valence-corrected chi connectivity index (χ4v) is 5.70. The standard InChI is InChI=1S/C24H33N3O3S/c1-4-26(5-2)18-20-10-8-11-22(17-20)25-24(28)21-12-14-23(15-13-21)31(29,30)27-16-7-6-9-19(27)3/h8,10-15,17,19H,4-7,9,16,18H2,1-3H3,(H,25,28). The molecule has 0 saturated carbocycles. The van der Waals surface area contributed by atoms with E-state index < -0.39 is 10.0 Å². The van der Waals surface area contributed by atoms with Crippen LogP contribution >= 0.6 is 0 Å². The van der Waals surface area contributed by atoms with Crippen molar-refractivity contribution in [2.24, 2.45) is 0 Å². The van der Waals surface area contributed by atoms with Crippen LogP contribution in [-0.4, -0.2) is 49.2 Å². The molecule has 1 fully saturated rings. The Kier molecular flexibility index (Phi) is 7.86. The van der Waals surface area contributed by atoms with Crippen molar-refractivity contribution in [3.63, 3.8) is 0 Å². The predicted octanol–water partition coefficient (Wildman–Crippen LogP) is 4.34. The fraction of sp³-hybridized carbons (Fsp3) is 0.458. The summed E-state index contributed by atoms with van der Waals surface area (Å²) in [7, 11) is -3.54. The van der Waals surface area contributed by atoms with Gasteiger partial charge in [-0.15, -0.1) is 0 Å². The first-order valence-electron chi connectivity index (χ1n) is 11.1. The summed E-state index contributed by atoms with van der Waals surface area (Å²) in [5.41, 5.74) is 2.30. The molecular formula is C24H33N3O3S. The van der Waals surface area contributed by atoms with Gasteiger partial charge >= 0.3 is 0 Å². The van der Waals surface area contributed by atoms with E-state index >= 15 is 0 Å². The molecule has 31 heavy (non-hydrogen) atoms. The molecule has 1 unspecified atom stereocenters. The number of hydrogen-bond acceptors (Lipinski definition) is 4. The molecule has 1 aliphatic heterocycles. The first-order chi connectivity index (χ1) is 14.8. The Labute approximate surface area is 186 Å². The Morgan fingerprint density at radius 2 is 1.81 bits per heavy atom. The van der Waals surface area contributed by atoms with Gasteiger partial charge in [0.2, 0.25) is 10.0 Å². The molecule has 1 heterocycles. The minimum atomic E-state index is -3.54. The Balaban J connectivity index is 1.69. The van der Waals surface area contributed by atoms with Crippen molar-refractivity contribution in [3.8, 4) is 0 Å². The number of rotatable bonds is 8. The number of piperidine rings is 1. The Hall–Kier alpha value is -2.22. The Bertz CT molecular complexity index is 985. The van der Waals surface area contributed by atoms with Crippen molar-refractivity contribution in [1.29, 1.82) is 0 Å². The summed E-state index contributed by atoms with van der Waals surface area (Å²) < 4.78 is 27.5. The number of hydrogen-bond donors (Lipinski definition) is 1. The van der Waals surface area contributed by atoms with Crippen LogP contribution < -0.4 is 5.32 Å². The van der Waals surface area contributed by atoms with Crippen molar-refractivity contribution in [3.05, 3.63) is 59.7 Å². The maximum absolute atomic E-state index is 13.0. The zero-order valence-corrected chi connectivity index (χ0v) is 19.5. The van der Waals surface area contributed by atoms with Gasteiger partial charge in [-0.1, -0.05) is 32.4 Å². The van der Waals surface area contributed by atoms with Gasteiger partial charge in [0.25, 0.3) is 5.91 Å². The zero-order valence-electron chi connectivity index (χ0n) is 18.7. The molecule has 0 radical (unpaired) electrons. The van der Waals surface area contributed by atoms with Crippen LogP contribution in [0.2, 0.25) is 0 Å². The van der Waals surface area contributed by atoms with Gasteiger partial charge in [-0.2, -0.15) is 4.31 Å². The van der Waals surface area contributed by atoms with Gasteiger partial charge in [-0.3, -0.25) is 9.69 Å². The summed E-state index contributed by atoms with van der Waals surface area (Å²) in [6, 6.07) is 14.1. The second-order valence-corrected chi connectivity index (χ2v) is 9.99. The molecule has 168 valence electrons. The molecule has 2 aromatic rings. The van der Waals surface area contributed by atoms with Crippen LogP contribution in [0.25, 0.3) is 0 Å². The summed E-state index contributed by atoms with van der Waals surface area (Å²) in [6.45, 7) is 9.54. The number of nitrogens with zero attached hydrogens (tertiary/aromatic N) is 2. The van der Waals surface area contributed by atoms with Gasteiger partial charge in [0.1, 0.15) is 0 Å². The van der Waals surface area contributed by atoms with Crippen LogP contribution in [0.4, 0.5) is 5.69 Å². The molecular weight excluding hydrogens is 410 g/mol. The summed E-state index contributed by atoms with van der Waals surface area (Å²) in [6.07, 6.45) is 2.83. The van der Waals surface area contributed by atoms with E-state index in [0.29, 0.717) is 12.1 Å². The largest absolute Gasteiger partial charge is 0.322 e. The van der Waals surface area contributed by atoms with Crippen molar-refractivity contribution in [1.82, 2.24) is 9.21 Å². The number of anilines is 1. The lowest BCUT2D eigenvalue weighted by molar-refractivity contribution is 0.102. The van der Waals surface area contributed by atoms with Crippen LogP contribution in [0.3, 0.4) is 0 Å². The summed E-state index contributed by atoms with van der Waals surface area (Å²) in [5, 5.41) is 2.92. The number of carbonyl (C=O) groups excluding carboxylic acids is 1. The molecule has 0 aliphatic carbocycles. The second kappa shape index (κ2) is 10.4. The zero-order chi connectivity index (χ0) is 22.4. The highest BCUT2D eigenvalue weighted by Crippen LogP contribution is 2.25. The highest BCUT2D eigenvalue weighted by Gasteiger charge is 2.30. The van der Waals surface area contributed by atoms with E-state index in [1.807, 2.05) is 25.1 Å². The lowest BCUT2D eigenvalue weighted by Crippen LogP contribution is -2.41. The third-order valence-electron chi connectivity index (χ3n) is 5.95. The van der Waals surface area contributed by atoms with Crippen LogP contribution in [0.15, 0.2) is 53.4 Å². The number of sulfonamides is 1. The summed E-state index contributed by atoms with van der Waals surface area (Å²) in [5.74, 6) is -0.254. The van der Waals surface area contributed by atoms with E-state index in [1.165, 1.54) is 12.1 Å². The van der Waals surface area contributed by atoms with E-state index in [0.717, 1.165) is 50.1 Å².